The average molecular weight is 198 g/mol. The van der Waals surface area contributed by atoms with Crippen molar-refractivity contribution in [3.8, 4) is 0 Å². The highest BCUT2D eigenvalue weighted by Gasteiger charge is 2.06. The van der Waals surface area contributed by atoms with Crippen LogP contribution in [0.3, 0.4) is 0 Å². The first-order valence-corrected chi connectivity index (χ1v) is 4.06. The molecule has 0 radical (unpaired) electrons. The van der Waals surface area contributed by atoms with E-state index in [9.17, 15) is 0 Å². The molecule has 5 heteroatoms. The van der Waals surface area contributed by atoms with Gasteiger partial charge in [0.05, 0.1) is 12.6 Å². The third-order valence-corrected chi connectivity index (χ3v) is 1.87. The van der Waals surface area contributed by atoms with E-state index >= 15 is 0 Å². The van der Waals surface area contributed by atoms with Gasteiger partial charge in [-0.2, -0.15) is 0 Å². The van der Waals surface area contributed by atoms with E-state index in [2.05, 4.69) is 10.0 Å². The largest absolute Gasteiger partial charge is 0.396 e. The van der Waals surface area contributed by atoms with Gasteiger partial charge in [-0.1, -0.05) is 28.8 Å². The van der Waals surface area contributed by atoms with E-state index in [4.69, 9.17) is 22.2 Å². The van der Waals surface area contributed by atoms with Crippen molar-refractivity contribution in [2.24, 2.45) is 5.11 Å². The number of hydrogen-bond acceptors (Lipinski definition) is 2. The predicted octanol–water partition coefficient (Wildman–Crippen LogP) is 2.68. The van der Waals surface area contributed by atoms with Gasteiger partial charge in [-0.3, -0.25) is 0 Å². The summed E-state index contributed by atoms with van der Waals surface area (Å²) in [6, 6.07) is 6.29. The Kier molecular flexibility index (Phi) is 3.58. The first-order valence-electron chi connectivity index (χ1n) is 3.68. The van der Waals surface area contributed by atoms with Crippen LogP contribution in [0.4, 0.5) is 0 Å². The van der Waals surface area contributed by atoms with E-state index in [0.717, 1.165) is 5.56 Å². The van der Waals surface area contributed by atoms with Crippen LogP contribution in [0.2, 0.25) is 5.02 Å². The Balaban J connectivity index is 2.91. The standard InChI is InChI=1S/C8H8ClN3O/c9-7-3-1-6(2-4-7)8(5-13)11-12-10/h1-4,8,13H,5H2/t8-/m1/s1. The van der Waals surface area contributed by atoms with Crippen molar-refractivity contribution in [1.29, 1.82) is 0 Å². The summed E-state index contributed by atoms with van der Waals surface area (Å²) < 4.78 is 0. The van der Waals surface area contributed by atoms with Gasteiger partial charge in [-0.05, 0) is 23.2 Å². The minimum absolute atomic E-state index is 0.203. The van der Waals surface area contributed by atoms with Crippen LogP contribution in [-0.2, 0) is 0 Å². The lowest BCUT2D eigenvalue weighted by molar-refractivity contribution is 0.268. The lowest BCUT2D eigenvalue weighted by Gasteiger charge is -2.06. The van der Waals surface area contributed by atoms with E-state index < -0.39 is 6.04 Å². The molecule has 0 bridgehead atoms. The van der Waals surface area contributed by atoms with Crippen LogP contribution in [0.15, 0.2) is 29.4 Å². The summed E-state index contributed by atoms with van der Waals surface area (Å²) in [5, 5.41) is 12.9. The molecule has 1 rings (SSSR count). The Morgan fingerprint density at radius 1 is 1.46 bits per heavy atom. The van der Waals surface area contributed by atoms with Crippen LogP contribution in [0, 0.1) is 0 Å². The fourth-order valence-corrected chi connectivity index (χ4v) is 1.08. The minimum atomic E-state index is -0.526. The van der Waals surface area contributed by atoms with Gasteiger partial charge < -0.3 is 5.11 Å². The zero-order valence-electron chi connectivity index (χ0n) is 6.76. The summed E-state index contributed by atoms with van der Waals surface area (Å²) in [4.78, 5) is 2.64. The lowest BCUT2D eigenvalue weighted by atomic mass is 10.1. The molecule has 0 unspecified atom stereocenters. The summed E-state index contributed by atoms with van der Waals surface area (Å²) in [5.41, 5.74) is 8.96. The van der Waals surface area contributed by atoms with Gasteiger partial charge in [0.15, 0.2) is 0 Å². The second-order valence-electron chi connectivity index (χ2n) is 2.45. The molecule has 0 amide bonds. The second-order valence-corrected chi connectivity index (χ2v) is 2.89. The zero-order valence-corrected chi connectivity index (χ0v) is 7.52. The Labute approximate surface area is 80.4 Å². The SMILES string of the molecule is [N-]=[N+]=N[C@H](CO)c1ccc(Cl)cc1. The molecule has 0 heterocycles. The van der Waals surface area contributed by atoms with E-state index in [1.165, 1.54) is 0 Å². The van der Waals surface area contributed by atoms with Crippen LogP contribution in [0.25, 0.3) is 10.4 Å². The van der Waals surface area contributed by atoms with Gasteiger partial charge in [0.2, 0.25) is 0 Å². The van der Waals surface area contributed by atoms with Crippen LogP contribution >= 0.6 is 11.6 Å². The minimum Gasteiger partial charge on any atom is -0.396 e. The predicted molar refractivity (Wildman–Crippen MR) is 50.4 cm³/mol. The van der Waals surface area contributed by atoms with Crippen molar-refractivity contribution in [2.75, 3.05) is 6.61 Å². The summed E-state index contributed by atoms with van der Waals surface area (Å²) in [6.45, 7) is -0.203. The van der Waals surface area contributed by atoms with Crippen LogP contribution in [0.1, 0.15) is 11.6 Å². The maximum atomic E-state index is 8.88. The van der Waals surface area contributed by atoms with Crippen LogP contribution in [-0.4, -0.2) is 11.7 Å². The van der Waals surface area contributed by atoms with Crippen molar-refractivity contribution in [1.82, 2.24) is 0 Å². The normalized spacial score (nSPS) is 11.8. The van der Waals surface area contributed by atoms with Gasteiger partial charge >= 0.3 is 0 Å². The Bertz CT molecular complexity index is 319. The van der Waals surface area contributed by atoms with Crippen LogP contribution in [0.5, 0.6) is 0 Å². The van der Waals surface area contributed by atoms with E-state index in [0.29, 0.717) is 5.02 Å². The Hall–Kier alpha value is -1.22. The number of hydrogen-bond donors (Lipinski definition) is 1. The molecular formula is C8H8ClN3O. The van der Waals surface area contributed by atoms with Gasteiger partial charge in [0, 0.05) is 9.93 Å². The molecule has 1 aromatic carbocycles. The molecule has 13 heavy (non-hydrogen) atoms. The van der Waals surface area contributed by atoms with Crippen molar-refractivity contribution in [2.45, 2.75) is 6.04 Å². The maximum Gasteiger partial charge on any atom is 0.0856 e. The first-order chi connectivity index (χ1) is 6.27. The zero-order chi connectivity index (χ0) is 9.68. The lowest BCUT2D eigenvalue weighted by Crippen LogP contribution is -1.99. The number of rotatable bonds is 3. The molecule has 0 saturated carbocycles. The highest BCUT2D eigenvalue weighted by molar-refractivity contribution is 6.30. The highest BCUT2D eigenvalue weighted by Crippen LogP contribution is 2.19. The first kappa shape index (κ1) is 9.86. The van der Waals surface area contributed by atoms with Gasteiger partial charge in [0.1, 0.15) is 0 Å². The highest BCUT2D eigenvalue weighted by atomic mass is 35.5. The quantitative estimate of drug-likeness (QED) is 0.452. The van der Waals surface area contributed by atoms with Gasteiger partial charge in [-0.15, -0.1) is 0 Å². The molecular weight excluding hydrogens is 190 g/mol. The number of benzene rings is 1. The maximum absolute atomic E-state index is 8.88. The number of nitrogens with zero attached hydrogens (tertiary/aromatic N) is 3. The molecule has 1 atom stereocenters. The smallest absolute Gasteiger partial charge is 0.0856 e. The molecule has 1 aromatic rings. The number of azide groups is 1. The fraction of sp³-hybridized carbons (Fsp3) is 0.250. The summed E-state index contributed by atoms with van der Waals surface area (Å²) in [6.07, 6.45) is 0. The van der Waals surface area contributed by atoms with Crippen molar-refractivity contribution < 1.29 is 5.11 Å². The van der Waals surface area contributed by atoms with Crippen LogP contribution < -0.4 is 0 Å². The van der Waals surface area contributed by atoms with Crippen molar-refractivity contribution >= 4 is 11.6 Å². The van der Waals surface area contributed by atoms with Crippen molar-refractivity contribution in [3.63, 3.8) is 0 Å². The summed E-state index contributed by atoms with van der Waals surface area (Å²) in [7, 11) is 0. The summed E-state index contributed by atoms with van der Waals surface area (Å²) >= 11 is 5.67. The summed E-state index contributed by atoms with van der Waals surface area (Å²) in [5.74, 6) is 0. The molecule has 0 aliphatic carbocycles. The Morgan fingerprint density at radius 2 is 2.08 bits per heavy atom. The monoisotopic (exact) mass is 197 g/mol. The van der Waals surface area contributed by atoms with Crippen molar-refractivity contribution in [3.05, 3.63) is 45.3 Å². The molecule has 0 aliphatic rings. The molecule has 68 valence electrons. The number of halogens is 1. The Morgan fingerprint density at radius 3 is 2.54 bits per heavy atom. The van der Waals surface area contributed by atoms with Gasteiger partial charge in [0.25, 0.3) is 0 Å². The molecule has 0 spiro atoms. The topological polar surface area (TPSA) is 69.0 Å². The average Bonchev–Trinajstić information content (AvgIpc) is 2.16. The second kappa shape index (κ2) is 4.72. The molecule has 0 aliphatic heterocycles. The molecule has 4 nitrogen and oxygen atoms in total. The van der Waals surface area contributed by atoms with E-state index in [-0.39, 0.29) is 6.61 Å². The number of aliphatic hydroxyl groups excluding tert-OH is 1. The van der Waals surface area contributed by atoms with E-state index in [1.807, 2.05) is 0 Å². The number of aliphatic hydroxyl groups is 1. The molecule has 0 aromatic heterocycles. The molecule has 0 saturated heterocycles. The van der Waals surface area contributed by atoms with Gasteiger partial charge in [-0.25, -0.2) is 0 Å². The van der Waals surface area contributed by atoms with E-state index in [1.54, 1.807) is 24.3 Å². The molecule has 0 fully saturated rings. The fourth-order valence-electron chi connectivity index (χ4n) is 0.956. The molecule has 1 N–H and O–H groups in total. The third kappa shape index (κ3) is 2.63. The third-order valence-electron chi connectivity index (χ3n) is 1.62.